The molecule has 3 aromatic carbocycles. The molecule has 6 rings (SSSR count). The van der Waals surface area contributed by atoms with Gasteiger partial charge >= 0.3 is 4.87 Å². The highest BCUT2D eigenvalue weighted by atomic mass is 32.2. The van der Waals surface area contributed by atoms with Gasteiger partial charge in [-0.15, -0.1) is 0 Å². The Balaban J connectivity index is 1.47. The van der Waals surface area contributed by atoms with E-state index >= 15 is 0 Å². The van der Waals surface area contributed by atoms with Gasteiger partial charge in [0.1, 0.15) is 23.4 Å². The number of nitrogens with zero attached hydrogens (tertiary/aromatic N) is 2. The van der Waals surface area contributed by atoms with Gasteiger partial charge in [0.2, 0.25) is 11.8 Å². The number of non-ortho nitro benzene ring substituents is 1. The van der Waals surface area contributed by atoms with E-state index in [0.29, 0.717) is 21.2 Å². The summed E-state index contributed by atoms with van der Waals surface area (Å²) in [5.41, 5.74) is 2.28. The zero-order valence-corrected chi connectivity index (χ0v) is 22.5. The van der Waals surface area contributed by atoms with E-state index in [2.05, 4.69) is 4.98 Å². The number of halogens is 1. The number of thioether (sulfide) groups is 1. The number of aromatic nitrogens is 1. The Bertz CT molecular complexity index is 1720. The van der Waals surface area contributed by atoms with Crippen molar-refractivity contribution in [1.29, 1.82) is 0 Å². The molecule has 9 nitrogen and oxygen atoms in total. The van der Waals surface area contributed by atoms with Gasteiger partial charge in [0.25, 0.3) is 5.69 Å². The van der Waals surface area contributed by atoms with Gasteiger partial charge < -0.3 is 9.72 Å². The first-order chi connectivity index (χ1) is 19.2. The molecule has 0 saturated carbocycles. The zero-order chi connectivity index (χ0) is 28.1. The van der Waals surface area contributed by atoms with Crippen molar-refractivity contribution in [2.45, 2.75) is 29.7 Å². The normalized spacial score (nSPS) is 19.9. The third kappa shape index (κ3) is 4.48. The van der Waals surface area contributed by atoms with Crippen molar-refractivity contribution in [1.82, 2.24) is 4.98 Å². The van der Waals surface area contributed by atoms with E-state index in [-0.39, 0.29) is 22.9 Å². The van der Waals surface area contributed by atoms with Crippen LogP contribution in [-0.4, -0.2) is 27.0 Å². The summed E-state index contributed by atoms with van der Waals surface area (Å²) < 4.78 is 19.7. The minimum absolute atomic E-state index is 0.158. The number of ether oxygens (including phenoxy) is 1. The molecule has 4 aromatic rings. The summed E-state index contributed by atoms with van der Waals surface area (Å²) >= 11 is 1.98. The van der Waals surface area contributed by atoms with Crippen molar-refractivity contribution in [2.75, 3.05) is 4.90 Å². The van der Waals surface area contributed by atoms with Gasteiger partial charge in [0, 0.05) is 28.5 Å². The van der Waals surface area contributed by atoms with E-state index in [1.807, 2.05) is 31.2 Å². The summed E-state index contributed by atoms with van der Waals surface area (Å²) in [6.45, 7) is 2.12. The second kappa shape index (κ2) is 10.0. The van der Waals surface area contributed by atoms with Gasteiger partial charge in [-0.05, 0) is 42.8 Å². The topological polar surface area (TPSA) is 123 Å². The van der Waals surface area contributed by atoms with Crippen LogP contribution < -0.4 is 14.5 Å². The van der Waals surface area contributed by atoms with Gasteiger partial charge in [-0.1, -0.05) is 52.9 Å². The van der Waals surface area contributed by atoms with Crippen molar-refractivity contribution < 1.29 is 23.6 Å². The number of hydrogen-bond donors (Lipinski definition) is 1. The molecule has 3 unspecified atom stereocenters. The van der Waals surface area contributed by atoms with Crippen LogP contribution in [0.2, 0.25) is 0 Å². The maximum atomic E-state index is 13.9. The fourth-order valence-electron chi connectivity index (χ4n) is 5.07. The minimum Gasteiger partial charge on any atom is -0.489 e. The first kappa shape index (κ1) is 26.0. The van der Waals surface area contributed by atoms with Crippen LogP contribution in [0, 0.1) is 28.8 Å². The molecule has 1 N–H and O–H groups in total. The summed E-state index contributed by atoms with van der Waals surface area (Å²) in [6.07, 6.45) is 0. The summed E-state index contributed by atoms with van der Waals surface area (Å²) in [5.74, 6) is -3.12. The molecule has 2 aliphatic heterocycles. The van der Waals surface area contributed by atoms with Crippen LogP contribution in [0.1, 0.15) is 27.5 Å². The Morgan fingerprint density at radius 1 is 1.02 bits per heavy atom. The van der Waals surface area contributed by atoms with Gasteiger partial charge in [-0.25, -0.2) is 9.29 Å². The maximum Gasteiger partial charge on any atom is 0.305 e. The molecular weight excluding hydrogens is 557 g/mol. The fourth-order valence-corrected chi connectivity index (χ4v) is 7.57. The second-order valence-electron chi connectivity index (χ2n) is 9.49. The number of amides is 2. The van der Waals surface area contributed by atoms with Gasteiger partial charge in [-0.3, -0.25) is 24.5 Å². The minimum atomic E-state index is -0.981. The number of hydrogen-bond acceptors (Lipinski definition) is 8. The molecule has 0 spiro atoms. The van der Waals surface area contributed by atoms with Crippen LogP contribution in [0.4, 0.5) is 15.8 Å². The molecule has 0 bridgehead atoms. The molecule has 0 radical (unpaired) electrons. The second-order valence-corrected chi connectivity index (χ2v) is 11.7. The molecule has 1 saturated heterocycles. The summed E-state index contributed by atoms with van der Waals surface area (Å²) in [6, 6.07) is 16.8. The van der Waals surface area contributed by atoms with Gasteiger partial charge in [0.15, 0.2) is 0 Å². The fraction of sp³-hybridized carbons (Fsp3) is 0.179. The molecule has 2 amide bonds. The van der Waals surface area contributed by atoms with Crippen molar-refractivity contribution in [2.24, 2.45) is 5.92 Å². The first-order valence-corrected chi connectivity index (χ1v) is 13.9. The van der Waals surface area contributed by atoms with Crippen LogP contribution in [0.25, 0.3) is 0 Å². The number of imide groups is 1. The average Bonchev–Trinajstić information content (AvgIpc) is 3.43. The number of thiazole rings is 1. The highest BCUT2D eigenvalue weighted by Crippen LogP contribution is 2.55. The van der Waals surface area contributed by atoms with E-state index < -0.39 is 39.6 Å². The molecule has 1 aromatic heterocycles. The van der Waals surface area contributed by atoms with Crippen molar-refractivity contribution >= 4 is 46.3 Å². The van der Waals surface area contributed by atoms with E-state index in [9.17, 15) is 28.9 Å². The number of carbonyl (C=O) groups is 2. The molecule has 202 valence electrons. The Hall–Kier alpha value is -4.29. The van der Waals surface area contributed by atoms with Crippen LogP contribution in [0.3, 0.4) is 0 Å². The number of benzene rings is 3. The number of aryl methyl sites for hydroxylation is 1. The highest BCUT2D eigenvalue weighted by Gasteiger charge is 2.57. The van der Waals surface area contributed by atoms with Crippen molar-refractivity contribution in [3.05, 3.63) is 114 Å². The Morgan fingerprint density at radius 2 is 1.75 bits per heavy atom. The summed E-state index contributed by atoms with van der Waals surface area (Å²) in [7, 11) is 0. The maximum absolute atomic E-state index is 13.9. The monoisotopic (exact) mass is 577 g/mol. The molecule has 0 aliphatic carbocycles. The number of aromatic amines is 1. The summed E-state index contributed by atoms with van der Waals surface area (Å²) in [4.78, 5) is 55.0. The number of carbonyl (C=O) groups excluding carboxylic acids is 2. The smallest absolute Gasteiger partial charge is 0.305 e. The molecule has 12 heteroatoms. The predicted molar refractivity (Wildman–Crippen MR) is 147 cm³/mol. The lowest BCUT2D eigenvalue weighted by atomic mass is 9.82. The Labute approximate surface area is 234 Å². The van der Waals surface area contributed by atoms with Crippen LogP contribution in [-0.2, 0) is 16.2 Å². The largest absolute Gasteiger partial charge is 0.489 e. The third-order valence-electron chi connectivity index (χ3n) is 6.96. The third-order valence-corrected chi connectivity index (χ3v) is 9.36. The summed E-state index contributed by atoms with van der Waals surface area (Å²) in [5, 5.41) is 11.3. The molecule has 3 atom stereocenters. The van der Waals surface area contributed by atoms with Crippen LogP contribution in [0.5, 0.6) is 5.75 Å². The van der Waals surface area contributed by atoms with E-state index in [1.165, 1.54) is 30.3 Å². The zero-order valence-electron chi connectivity index (χ0n) is 20.8. The standard InChI is InChI=1S/C28H20FN3O6S2/c1-14-2-4-15(5-3-14)13-38-20-11-10-18(32(36)37)12-19(20)21-22-24(39-25-23(21)40-28(35)30-25)27(34)31(26(22)33)17-8-6-16(29)7-9-17/h2-12,21-22,24H,13H2,1H3,(H,30,35). The number of nitro benzene ring substituents is 1. The quantitative estimate of drug-likeness (QED) is 0.191. The average molecular weight is 578 g/mol. The number of nitrogens with one attached hydrogen (secondary N) is 1. The van der Waals surface area contributed by atoms with E-state index in [1.54, 1.807) is 0 Å². The lowest BCUT2D eigenvalue weighted by Crippen LogP contribution is -2.32. The number of anilines is 1. The van der Waals surface area contributed by atoms with E-state index in [0.717, 1.165) is 51.3 Å². The Kier molecular flexibility index (Phi) is 6.51. The Morgan fingerprint density at radius 3 is 2.45 bits per heavy atom. The molecule has 40 heavy (non-hydrogen) atoms. The molecule has 3 heterocycles. The molecule has 1 fully saturated rings. The number of H-pyrrole nitrogens is 1. The predicted octanol–water partition coefficient (Wildman–Crippen LogP) is 5.17. The van der Waals surface area contributed by atoms with E-state index in [4.69, 9.17) is 4.74 Å². The van der Waals surface area contributed by atoms with Crippen molar-refractivity contribution in [3.63, 3.8) is 0 Å². The van der Waals surface area contributed by atoms with Gasteiger partial charge in [0.05, 0.1) is 21.6 Å². The number of fused-ring (bicyclic) bond motifs is 2. The number of nitro groups is 1. The SMILES string of the molecule is Cc1ccc(COc2ccc([N+](=O)[O-])cc2C2c3sc(=O)[nH]c3SC3C(=O)N(c4ccc(F)cc4)C(=O)C32)cc1. The number of rotatable bonds is 6. The van der Waals surface area contributed by atoms with Crippen molar-refractivity contribution in [3.8, 4) is 5.75 Å². The highest BCUT2D eigenvalue weighted by molar-refractivity contribution is 8.00. The first-order valence-electron chi connectivity index (χ1n) is 12.2. The molecule has 2 aliphatic rings. The van der Waals surface area contributed by atoms with Crippen LogP contribution in [0.15, 0.2) is 76.6 Å². The van der Waals surface area contributed by atoms with Crippen LogP contribution >= 0.6 is 23.1 Å². The lowest BCUT2D eigenvalue weighted by molar-refractivity contribution is -0.385. The van der Waals surface area contributed by atoms with Gasteiger partial charge in [-0.2, -0.15) is 0 Å². The molecular formula is C28H20FN3O6S2. The lowest BCUT2D eigenvalue weighted by Gasteiger charge is -2.30.